The van der Waals surface area contributed by atoms with Crippen LogP contribution in [0.4, 0.5) is 0 Å². The largest absolute Gasteiger partial charge is 0.472 e. The molecule has 1 N–H and O–H groups in total. The maximum Gasteiger partial charge on any atom is 0.472 e. The lowest BCUT2D eigenvalue weighted by Crippen LogP contribution is -2.37. The number of carbonyl (C=O) groups excluding carboxylic acids is 1. The van der Waals surface area contributed by atoms with Crippen LogP contribution >= 0.6 is 7.82 Å². The third kappa shape index (κ3) is 39.9. The van der Waals surface area contributed by atoms with Gasteiger partial charge in [-0.05, 0) is 51.4 Å². The monoisotopic (exact) mass is 757 g/mol. The van der Waals surface area contributed by atoms with E-state index in [4.69, 9.17) is 18.5 Å². The molecule has 2 unspecified atom stereocenters. The fourth-order valence-corrected chi connectivity index (χ4v) is 6.36. The Labute approximate surface area is 321 Å². The van der Waals surface area contributed by atoms with Gasteiger partial charge in [-0.15, -0.1) is 0 Å². The molecule has 0 aromatic carbocycles. The van der Waals surface area contributed by atoms with E-state index in [0.29, 0.717) is 24.1 Å². The number of likely N-dealkylation sites (N-methyl/N-ethyl adjacent to an activating group) is 1. The number of hydrogen-bond donors (Lipinski definition) is 1. The number of allylic oxidation sites excluding steroid dienone is 6. The van der Waals surface area contributed by atoms with E-state index in [0.717, 1.165) is 57.8 Å². The molecule has 0 radical (unpaired) electrons. The topological polar surface area (TPSA) is 91.3 Å². The number of ether oxygens (including phenoxy) is 2. The van der Waals surface area contributed by atoms with E-state index < -0.39 is 13.9 Å². The Morgan fingerprint density at radius 3 is 1.58 bits per heavy atom. The van der Waals surface area contributed by atoms with E-state index in [9.17, 15) is 14.3 Å². The van der Waals surface area contributed by atoms with E-state index in [1.165, 1.54) is 96.3 Å². The first kappa shape index (κ1) is 50.7. The van der Waals surface area contributed by atoms with E-state index in [1.54, 1.807) is 0 Å². The standard InChI is InChI=1S/C43H82NO7P/c1-6-8-10-12-14-16-17-18-19-20-21-22-23-24-25-26-27-28-30-32-34-36-43(45)51-42(41-50-52(46,47)49-39-37-44(3,4)5)40-48-38-35-33-31-29-15-13-11-9-7-2/h17-18,20-21,23-24,42H,6-16,19,22,25-41H2,1-5H3/p+1/b18-17-,21-20-,24-23-. The number of carbonyl (C=O) groups is 1. The molecular formula is C43H83NO7P+. The molecule has 0 aliphatic heterocycles. The number of phosphoric acid groups is 1. The van der Waals surface area contributed by atoms with Crippen molar-refractivity contribution in [3.05, 3.63) is 36.5 Å². The average Bonchev–Trinajstić information content (AvgIpc) is 3.09. The van der Waals surface area contributed by atoms with Crippen LogP contribution in [0.3, 0.4) is 0 Å². The van der Waals surface area contributed by atoms with Gasteiger partial charge in [0.1, 0.15) is 19.3 Å². The predicted octanol–water partition coefficient (Wildman–Crippen LogP) is 12.2. The highest BCUT2D eigenvalue weighted by Crippen LogP contribution is 2.43. The van der Waals surface area contributed by atoms with E-state index >= 15 is 0 Å². The van der Waals surface area contributed by atoms with Gasteiger partial charge in [-0.25, -0.2) is 4.57 Å². The first-order valence-electron chi connectivity index (χ1n) is 21.2. The molecule has 0 aromatic heterocycles. The van der Waals surface area contributed by atoms with Crippen LogP contribution in [-0.2, 0) is 27.9 Å². The lowest BCUT2D eigenvalue weighted by atomic mass is 10.1. The van der Waals surface area contributed by atoms with E-state index in [2.05, 4.69) is 50.3 Å². The first-order valence-corrected chi connectivity index (χ1v) is 22.7. The summed E-state index contributed by atoms with van der Waals surface area (Å²) in [6.07, 6.45) is 41.7. The number of esters is 1. The van der Waals surface area contributed by atoms with Crippen molar-refractivity contribution in [2.75, 3.05) is 54.1 Å². The van der Waals surface area contributed by atoms with Crippen LogP contribution in [0.15, 0.2) is 36.5 Å². The summed E-state index contributed by atoms with van der Waals surface area (Å²) in [7, 11) is 1.66. The summed E-state index contributed by atoms with van der Waals surface area (Å²) in [4.78, 5) is 22.8. The minimum Gasteiger partial charge on any atom is -0.457 e. The number of hydrogen-bond acceptors (Lipinski definition) is 6. The van der Waals surface area contributed by atoms with Crippen molar-refractivity contribution in [3.63, 3.8) is 0 Å². The highest BCUT2D eigenvalue weighted by molar-refractivity contribution is 7.47. The highest BCUT2D eigenvalue weighted by Gasteiger charge is 2.26. The van der Waals surface area contributed by atoms with Gasteiger partial charge in [0.25, 0.3) is 0 Å². The fraction of sp³-hybridized carbons (Fsp3) is 0.837. The van der Waals surface area contributed by atoms with Crippen LogP contribution in [0.2, 0.25) is 0 Å². The van der Waals surface area contributed by atoms with Gasteiger partial charge >= 0.3 is 13.8 Å². The summed E-state index contributed by atoms with van der Waals surface area (Å²) < 4.78 is 34.8. The maximum atomic E-state index is 12.6. The minimum atomic E-state index is -4.27. The molecule has 0 aliphatic rings. The summed E-state index contributed by atoms with van der Waals surface area (Å²) >= 11 is 0. The Morgan fingerprint density at radius 2 is 1.06 bits per heavy atom. The molecule has 0 amide bonds. The molecule has 0 rings (SSSR count). The lowest BCUT2D eigenvalue weighted by Gasteiger charge is -2.24. The van der Waals surface area contributed by atoms with Crippen molar-refractivity contribution in [3.8, 4) is 0 Å². The summed E-state index contributed by atoms with van der Waals surface area (Å²) in [5.74, 6) is -0.327. The van der Waals surface area contributed by atoms with Crippen molar-refractivity contribution in [2.24, 2.45) is 0 Å². The molecule has 0 fully saturated rings. The summed E-state index contributed by atoms with van der Waals surface area (Å²) in [6, 6.07) is 0. The molecule has 0 saturated carbocycles. The van der Waals surface area contributed by atoms with E-state index in [-0.39, 0.29) is 25.8 Å². The van der Waals surface area contributed by atoms with Gasteiger partial charge in [-0.2, -0.15) is 0 Å². The molecule has 0 aliphatic carbocycles. The molecule has 0 bridgehead atoms. The van der Waals surface area contributed by atoms with Gasteiger partial charge in [-0.1, -0.05) is 153 Å². The highest BCUT2D eigenvalue weighted by atomic mass is 31.2. The zero-order valence-corrected chi connectivity index (χ0v) is 35.4. The van der Waals surface area contributed by atoms with E-state index in [1.807, 2.05) is 21.1 Å². The Kier molecular flexibility index (Phi) is 35.8. The number of nitrogens with zero attached hydrogens (tertiary/aromatic N) is 1. The Balaban J connectivity index is 4.20. The van der Waals surface area contributed by atoms with Gasteiger partial charge in [0.05, 0.1) is 34.4 Å². The van der Waals surface area contributed by atoms with Gasteiger partial charge in [0.15, 0.2) is 0 Å². The zero-order valence-electron chi connectivity index (χ0n) is 34.5. The van der Waals surface area contributed by atoms with Gasteiger partial charge < -0.3 is 18.9 Å². The molecule has 9 heteroatoms. The van der Waals surface area contributed by atoms with Crippen LogP contribution < -0.4 is 0 Å². The van der Waals surface area contributed by atoms with Crippen molar-refractivity contribution in [1.29, 1.82) is 0 Å². The van der Waals surface area contributed by atoms with Gasteiger partial charge in [-0.3, -0.25) is 13.8 Å². The Bertz CT molecular complexity index is 931. The van der Waals surface area contributed by atoms with Crippen LogP contribution in [0.1, 0.15) is 174 Å². The van der Waals surface area contributed by atoms with Gasteiger partial charge in [0.2, 0.25) is 0 Å². The first-order chi connectivity index (χ1) is 25.1. The second-order valence-electron chi connectivity index (χ2n) is 15.4. The quantitative estimate of drug-likeness (QED) is 0.0219. The molecule has 52 heavy (non-hydrogen) atoms. The molecule has 0 aromatic rings. The molecule has 8 nitrogen and oxygen atoms in total. The molecular weight excluding hydrogens is 673 g/mol. The minimum absolute atomic E-state index is 0.0861. The smallest absolute Gasteiger partial charge is 0.457 e. The number of rotatable bonds is 39. The fourth-order valence-electron chi connectivity index (χ4n) is 5.62. The zero-order chi connectivity index (χ0) is 38.4. The van der Waals surface area contributed by atoms with Crippen molar-refractivity contribution >= 4 is 13.8 Å². The molecule has 306 valence electrons. The second-order valence-corrected chi connectivity index (χ2v) is 16.8. The SMILES string of the molecule is CCCCCCC/C=C\C/C=C\C/C=C\CCCCCCCCC(=O)OC(COCCCCCCCCCCC)COP(=O)(O)OCC[N+](C)(C)C. The molecule has 0 saturated heterocycles. The van der Waals surface area contributed by atoms with Crippen LogP contribution in [0, 0.1) is 0 Å². The summed E-state index contributed by atoms with van der Waals surface area (Å²) in [6.45, 7) is 5.58. The maximum absolute atomic E-state index is 12.6. The number of unbranched alkanes of at least 4 members (excludes halogenated alkanes) is 19. The van der Waals surface area contributed by atoms with Crippen molar-refractivity contribution in [2.45, 2.75) is 180 Å². The summed E-state index contributed by atoms with van der Waals surface area (Å²) in [5.41, 5.74) is 0. The summed E-state index contributed by atoms with van der Waals surface area (Å²) in [5, 5.41) is 0. The molecule has 2 atom stereocenters. The number of phosphoric ester groups is 1. The second kappa shape index (κ2) is 36.7. The average molecular weight is 757 g/mol. The lowest BCUT2D eigenvalue weighted by molar-refractivity contribution is -0.870. The van der Waals surface area contributed by atoms with Crippen molar-refractivity contribution < 1.29 is 37.3 Å². The van der Waals surface area contributed by atoms with Crippen LogP contribution in [-0.4, -0.2) is 75.6 Å². The third-order valence-corrected chi connectivity index (χ3v) is 9.94. The molecule has 0 heterocycles. The molecule has 0 spiro atoms. The van der Waals surface area contributed by atoms with Crippen molar-refractivity contribution in [1.82, 2.24) is 0 Å². The Morgan fingerprint density at radius 1 is 0.596 bits per heavy atom. The Hall–Kier alpha value is -1.28. The predicted molar refractivity (Wildman–Crippen MR) is 220 cm³/mol. The van der Waals surface area contributed by atoms with Crippen LogP contribution in [0.5, 0.6) is 0 Å². The third-order valence-electron chi connectivity index (χ3n) is 8.95. The van der Waals surface area contributed by atoms with Gasteiger partial charge in [0, 0.05) is 13.0 Å². The number of quaternary nitrogens is 1. The van der Waals surface area contributed by atoms with Crippen LogP contribution in [0.25, 0.3) is 0 Å². The normalized spacial score (nSPS) is 14.2.